The first-order valence-electron chi connectivity index (χ1n) is 11.5. The zero-order valence-electron chi connectivity index (χ0n) is 19.3. The Labute approximate surface area is 215 Å². The minimum absolute atomic E-state index is 0.0301. The van der Waals surface area contributed by atoms with Gasteiger partial charge in [0.05, 0.1) is 28.7 Å². The fourth-order valence-corrected chi connectivity index (χ4v) is 5.60. The number of amidine groups is 1. The Morgan fingerprint density at radius 2 is 2.00 bits per heavy atom. The van der Waals surface area contributed by atoms with Crippen LogP contribution in [0, 0.1) is 0 Å². The second-order valence-corrected chi connectivity index (χ2v) is 10.3. The molecule has 11 heteroatoms. The maximum absolute atomic E-state index is 13.5. The number of piperidine rings is 1. The van der Waals surface area contributed by atoms with Crippen LogP contribution in [0.4, 0.5) is 13.2 Å². The summed E-state index contributed by atoms with van der Waals surface area (Å²) < 4.78 is 42.0. The second kappa shape index (κ2) is 9.91. The van der Waals surface area contributed by atoms with Crippen LogP contribution in [-0.4, -0.2) is 51.9 Å². The quantitative estimate of drug-likeness (QED) is 0.454. The zero-order chi connectivity index (χ0) is 25.4. The third kappa shape index (κ3) is 5.16. The molecule has 0 saturated carbocycles. The van der Waals surface area contributed by atoms with Gasteiger partial charge in [0, 0.05) is 23.5 Å². The van der Waals surface area contributed by atoms with Crippen molar-refractivity contribution in [3.05, 3.63) is 69.2 Å². The van der Waals surface area contributed by atoms with Gasteiger partial charge in [-0.1, -0.05) is 23.7 Å². The van der Waals surface area contributed by atoms with E-state index < -0.39 is 11.7 Å². The van der Waals surface area contributed by atoms with E-state index in [0.29, 0.717) is 21.6 Å². The molecule has 0 bridgehead atoms. The van der Waals surface area contributed by atoms with Crippen LogP contribution in [0.2, 0.25) is 5.02 Å². The highest BCUT2D eigenvalue weighted by molar-refractivity contribution is 8.18. The lowest BCUT2D eigenvalue weighted by Crippen LogP contribution is -2.42. The standard InChI is InChI=1S/C25H23ClF3N5OS/c1-33(19-6-8-30-9-7-19)24-32-23(35)22(36-24)11-15-2-5-21-17(10-15)13-31-34(21)14-16-3-4-18(26)12-20(16)25(27,28)29/h2-5,10-13,19,30H,6-9,14H2,1H3/b22-11-. The molecule has 0 unspecified atom stereocenters. The number of alkyl halides is 3. The van der Waals surface area contributed by atoms with Gasteiger partial charge in [0.25, 0.3) is 5.91 Å². The SMILES string of the molecule is CN(C1=NC(=O)/C(=C/c2ccc3c(cnn3Cc3ccc(Cl)cc3C(F)(F)F)c2)S1)C1CCNCC1. The highest BCUT2D eigenvalue weighted by atomic mass is 35.5. The van der Waals surface area contributed by atoms with Crippen LogP contribution in [0.5, 0.6) is 0 Å². The predicted molar refractivity (Wildman–Crippen MR) is 137 cm³/mol. The van der Waals surface area contributed by atoms with Crippen molar-refractivity contribution in [3.8, 4) is 0 Å². The summed E-state index contributed by atoms with van der Waals surface area (Å²) in [6.45, 7) is 1.85. The molecule has 2 aromatic carbocycles. The summed E-state index contributed by atoms with van der Waals surface area (Å²) in [4.78, 5) is 19.4. The first-order chi connectivity index (χ1) is 17.2. The summed E-state index contributed by atoms with van der Waals surface area (Å²) in [7, 11) is 1.98. The molecule has 1 fully saturated rings. The molecule has 36 heavy (non-hydrogen) atoms. The lowest BCUT2D eigenvalue weighted by atomic mass is 10.1. The number of benzene rings is 2. The summed E-state index contributed by atoms with van der Waals surface area (Å²) >= 11 is 7.16. The van der Waals surface area contributed by atoms with Crippen molar-refractivity contribution in [2.75, 3.05) is 20.1 Å². The Bertz CT molecular complexity index is 1380. The topological polar surface area (TPSA) is 62.5 Å². The summed E-state index contributed by atoms with van der Waals surface area (Å²) in [5, 5.41) is 9.13. The summed E-state index contributed by atoms with van der Waals surface area (Å²) in [6, 6.07) is 9.58. The third-order valence-corrected chi connectivity index (χ3v) is 7.74. The maximum Gasteiger partial charge on any atom is 0.416 e. The summed E-state index contributed by atoms with van der Waals surface area (Å²) in [6.07, 6.45) is 0.889. The Morgan fingerprint density at radius 3 is 2.75 bits per heavy atom. The van der Waals surface area contributed by atoms with Crippen LogP contribution in [0.3, 0.4) is 0 Å². The molecule has 0 spiro atoms. The molecule has 6 nitrogen and oxygen atoms in total. The van der Waals surface area contributed by atoms with E-state index in [2.05, 4.69) is 20.3 Å². The Kier molecular flexibility index (Phi) is 6.84. The van der Waals surface area contributed by atoms with Crippen molar-refractivity contribution in [1.29, 1.82) is 0 Å². The van der Waals surface area contributed by atoms with E-state index in [1.54, 1.807) is 18.3 Å². The number of hydrogen-bond acceptors (Lipinski definition) is 5. The van der Waals surface area contributed by atoms with E-state index >= 15 is 0 Å². The number of thioether (sulfide) groups is 1. The van der Waals surface area contributed by atoms with Crippen molar-refractivity contribution in [2.24, 2.45) is 4.99 Å². The van der Waals surface area contributed by atoms with Crippen LogP contribution in [0.25, 0.3) is 17.0 Å². The van der Waals surface area contributed by atoms with Crippen LogP contribution in [0.1, 0.15) is 29.5 Å². The van der Waals surface area contributed by atoms with E-state index in [4.69, 9.17) is 11.6 Å². The number of fused-ring (bicyclic) bond motifs is 1. The van der Waals surface area contributed by atoms with Gasteiger partial charge in [0.2, 0.25) is 0 Å². The number of halogens is 4. The number of aliphatic imine (C=N–C) groups is 1. The van der Waals surface area contributed by atoms with Gasteiger partial charge in [0.1, 0.15) is 0 Å². The van der Waals surface area contributed by atoms with Gasteiger partial charge >= 0.3 is 6.18 Å². The second-order valence-electron chi connectivity index (χ2n) is 8.82. The maximum atomic E-state index is 13.5. The van der Waals surface area contributed by atoms with Crippen molar-refractivity contribution >= 4 is 51.4 Å². The number of nitrogens with zero attached hydrogens (tertiary/aromatic N) is 4. The van der Waals surface area contributed by atoms with Gasteiger partial charge < -0.3 is 10.2 Å². The summed E-state index contributed by atoms with van der Waals surface area (Å²) in [5.41, 5.74) is 0.787. The van der Waals surface area contributed by atoms with Crippen molar-refractivity contribution in [1.82, 2.24) is 20.0 Å². The monoisotopic (exact) mass is 533 g/mol. The number of amides is 1. The molecule has 5 rings (SSSR count). The molecule has 1 saturated heterocycles. The predicted octanol–water partition coefficient (Wildman–Crippen LogP) is 5.41. The van der Waals surface area contributed by atoms with Crippen molar-refractivity contribution in [2.45, 2.75) is 31.6 Å². The highest BCUT2D eigenvalue weighted by Crippen LogP contribution is 2.35. The van der Waals surface area contributed by atoms with Crippen molar-refractivity contribution < 1.29 is 18.0 Å². The highest BCUT2D eigenvalue weighted by Gasteiger charge is 2.34. The van der Waals surface area contributed by atoms with E-state index in [1.807, 2.05) is 19.2 Å². The van der Waals surface area contributed by atoms with Gasteiger partial charge in [-0.05, 0) is 79.2 Å². The molecule has 188 valence electrons. The molecule has 1 N–H and O–H groups in total. The molecule has 2 aliphatic heterocycles. The molecule has 0 aliphatic carbocycles. The molecule has 3 aromatic rings. The van der Waals surface area contributed by atoms with Gasteiger partial charge in [0.15, 0.2) is 5.17 Å². The van der Waals surface area contributed by atoms with Gasteiger partial charge in [-0.2, -0.15) is 23.3 Å². The average Bonchev–Trinajstić information content (AvgIpc) is 3.42. The molecule has 1 amide bonds. The van der Waals surface area contributed by atoms with Crippen LogP contribution < -0.4 is 5.32 Å². The average molecular weight is 534 g/mol. The molecular weight excluding hydrogens is 511 g/mol. The Hall–Kier alpha value is -2.82. The number of nitrogens with one attached hydrogen (secondary N) is 1. The van der Waals surface area contributed by atoms with E-state index in [0.717, 1.165) is 42.9 Å². The van der Waals surface area contributed by atoms with E-state index in [-0.39, 0.29) is 23.0 Å². The number of carbonyl (C=O) groups is 1. The van der Waals surface area contributed by atoms with Gasteiger partial charge in [-0.3, -0.25) is 9.48 Å². The third-order valence-electron chi connectivity index (χ3n) is 6.43. The van der Waals surface area contributed by atoms with E-state index in [1.165, 1.54) is 28.6 Å². The molecule has 0 radical (unpaired) electrons. The minimum Gasteiger partial charge on any atom is -0.351 e. The smallest absolute Gasteiger partial charge is 0.351 e. The van der Waals surface area contributed by atoms with Crippen LogP contribution in [-0.2, 0) is 17.5 Å². The number of carbonyl (C=O) groups excluding carboxylic acids is 1. The lowest BCUT2D eigenvalue weighted by Gasteiger charge is -2.32. The molecule has 1 aromatic heterocycles. The minimum atomic E-state index is -4.52. The zero-order valence-corrected chi connectivity index (χ0v) is 20.9. The molecule has 0 atom stereocenters. The van der Waals surface area contributed by atoms with Crippen LogP contribution >= 0.6 is 23.4 Å². The Balaban J connectivity index is 1.35. The van der Waals surface area contributed by atoms with Gasteiger partial charge in [-0.25, -0.2) is 0 Å². The van der Waals surface area contributed by atoms with Gasteiger partial charge in [-0.15, -0.1) is 0 Å². The molecule has 3 heterocycles. The largest absolute Gasteiger partial charge is 0.416 e. The Morgan fingerprint density at radius 1 is 1.22 bits per heavy atom. The normalized spacial score (nSPS) is 18.3. The summed E-state index contributed by atoms with van der Waals surface area (Å²) in [5.74, 6) is -0.269. The number of hydrogen-bond donors (Lipinski definition) is 1. The van der Waals surface area contributed by atoms with Crippen LogP contribution in [0.15, 0.2) is 52.5 Å². The first kappa shape index (κ1) is 24.9. The number of aromatic nitrogens is 2. The van der Waals surface area contributed by atoms with E-state index in [9.17, 15) is 18.0 Å². The molecular formula is C25H23ClF3N5OS. The fourth-order valence-electron chi connectivity index (χ4n) is 4.48. The fraction of sp³-hybridized carbons (Fsp3) is 0.320. The van der Waals surface area contributed by atoms with Crippen molar-refractivity contribution in [3.63, 3.8) is 0 Å². The number of rotatable bonds is 4. The molecule has 2 aliphatic rings. The first-order valence-corrected chi connectivity index (χ1v) is 12.7. The lowest BCUT2D eigenvalue weighted by molar-refractivity contribution is -0.138.